The van der Waals surface area contributed by atoms with Gasteiger partial charge in [0.25, 0.3) is 0 Å². The van der Waals surface area contributed by atoms with E-state index in [1.165, 1.54) is 32.4 Å². The van der Waals surface area contributed by atoms with Gasteiger partial charge in [-0.3, -0.25) is 0 Å². The molecule has 1 aliphatic carbocycles. The molecular weight excluding hydrogens is 162 g/mol. The smallest absolute Gasteiger partial charge is 0.0774 e. The van der Waals surface area contributed by atoms with Crippen LogP contribution < -0.4 is 0 Å². The normalized spacial score (nSPS) is 30.0. The third-order valence-corrected chi connectivity index (χ3v) is 3.68. The Bertz CT molecular complexity index is 169. The molecule has 0 amide bonds. The van der Waals surface area contributed by atoms with Crippen LogP contribution >= 0.6 is 0 Å². The number of aliphatic hydroxyl groups is 1. The van der Waals surface area contributed by atoms with Gasteiger partial charge in [-0.15, -0.1) is 0 Å². The largest absolute Gasteiger partial charge is 0.389 e. The van der Waals surface area contributed by atoms with E-state index < -0.39 is 0 Å². The molecule has 0 bridgehead atoms. The Morgan fingerprint density at radius 2 is 1.92 bits per heavy atom. The van der Waals surface area contributed by atoms with Gasteiger partial charge in [0.15, 0.2) is 0 Å². The number of hydrogen-bond donors (Lipinski definition) is 1. The summed E-state index contributed by atoms with van der Waals surface area (Å²) in [6.07, 6.45) is 5.91. The van der Waals surface area contributed by atoms with Crippen LogP contribution in [0.5, 0.6) is 0 Å². The molecule has 13 heavy (non-hydrogen) atoms. The summed E-state index contributed by atoms with van der Waals surface area (Å²) in [6, 6.07) is 0. The van der Waals surface area contributed by atoms with Crippen LogP contribution in [0.3, 0.4) is 0 Å². The number of nitrogens with zero attached hydrogens (tertiary/aromatic N) is 1. The van der Waals surface area contributed by atoms with Crippen LogP contribution in [-0.2, 0) is 0 Å². The van der Waals surface area contributed by atoms with E-state index in [0.29, 0.717) is 0 Å². The van der Waals surface area contributed by atoms with Crippen LogP contribution in [0.1, 0.15) is 39.0 Å². The summed E-state index contributed by atoms with van der Waals surface area (Å²) in [4.78, 5) is 2.44. The average Bonchev–Trinajstić information content (AvgIpc) is 2.06. The van der Waals surface area contributed by atoms with Crippen molar-refractivity contribution < 1.29 is 5.11 Å². The summed E-state index contributed by atoms with van der Waals surface area (Å²) in [5.74, 6) is 0.896. The van der Waals surface area contributed by atoms with Crippen molar-refractivity contribution in [2.24, 2.45) is 5.92 Å². The molecule has 0 radical (unpaired) electrons. The molecule has 1 saturated heterocycles. The van der Waals surface area contributed by atoms with Gasteiger partial charge in [-0.1, -0.05) is 6.92 Å². The molecule has 0 atom stereocenters. The fourth-order valence-electron chi connectivity index (χ4n) is 2.38. The molecule has 0 aromatic carbocycles. The number of β-amino-alcohol motifs (C(OH)–C–C–N with tert-alkyl or cyclic N) is 1. The molecule has 1 saturated carbocycles. The Labute approximate surface area is 80.9 Å². The Balaban J connectivity index is 1.76. The number of hydrogen-bond acceptors (Lipinski definition) is 2. The highest BCUT2D eigenvalue weighted by atomic mass is 16.3. The summed E-state index contributed by atoms with van der Waals surface area (Å²) >= 11 is 0. The van der Waals surface area contributed by atoms with Crippen LogP contribution in [-0.4, -0.2) is 35.2 Å². The van der Waals surface area contributed by atoms with E-state index >= 15 is 0 Å². The molecule has 1 heterocycles. The lowest BCUT2D eigenvalue weighted by atomic mass is 9.79. The summed E-state index contributed by atoms with van der Waals surface area (Å²) < 4.78 is 0. The highest BCUT2D eigenvalue weighted by molar-refractivity contribution is 4.91. The van der Waals surface area contributed by atoms with E-state index in [9.17, 15) is 5.11 Å². The SMILES string of the molecule is CC1CCN(CC2(O)CCC2)CC1. The van der Waals surface area contributed by atoms with Crippen molar-refractivity contribution >= 4 is 0 Å². The number of likely N-dealkylation sites (tertiary alicyclic amines) is 1. The lowest BCUT2D eigenvalue weighted by molar-refractivity contribution is -0.0633. The highest BCUT2D eigenvalue weighted by Gasteiger charge is 2.36. The van der Waals surface area contributed by atoms with Gasteiger partial charge in [0.2, 0.25) is 0 Å². The van der Waals surface area contributed by atoms with Crippen molar-refractivity contribution in [1.82, 2.24) is 4.90 Å². The molecule has 76 valence electrons. The maximum atomic E-state index is 9.99. The van der Waals surface area contributed by atoms with E-state index in [1.807, 2.05) is 0 Å². The number of rotatable bonds is 2. The predicted molar refractivity (Wildman–Crippen MR) is 53.6 cm³/mol. The molecule has 2 heteroatoms. The van der Waals surface area contributed by atoms with Crippen molar-refractivity contribution in [2.75, 3.05) is 19.6 Å². The molecule has 2 fully saturated rings. The first-order valence-corrected chi connectivity index (χ1v) is 5.63. The zero-order chi connectivity index (χ0) is 9.31. The maximum Gasteiger partial charge on any atom is 0.0774 e. The lowest BCUT2D eigenvalue weighted by Gasteiger charge is -2.42. The molecule has 0 unspecified atom stereocenters. The van der Waals surface area contributed by atoms with E-state index in [1.54, 1.807) is 0 Å². The van der Waals surface area contributed by atoms with Gasteiger partial charge in [0, 0.05) is 6.54 Å². The van der Waals surface area contributed by atoms with Gasteiger partial charge in [0.05, 0.1) is 5.60 Å². The van der Waals surface area contributed by atoms with Gasteiger partial charge >= 0.3 is 0 Å². The third kappa shape index (κ3) is 2.23. The molecule has 0 spiro atoms. The molecule has 2 rings (SSSR count). The summed E-state index contributed by atoms with van der Waals surface area (Å²) in [5, 5.41) is 9.99. The Morgan fingerprint density at radius 1 is 1.31 bits per heavy atom. The van der Waals surface area contributed by atoms with E-state index in [4.69, 9.17) is 0 Å². The molecule has 2 nitrogen and oxygen atoms in total. The minimum absolute atomic E-state index is 0.305. The van der Waals surface area contributed by atoms with Crippen molar-refractivity contribution in [3.63, 3.8) is 0 Å². The maximum absolute atomic E-state index is 9.99. The lowest BCUT2D eigenvalue weighted by Crippen LogP contribution is -2.49. The van der Waals surface area contributed by atoms with Crippen LogP contribution in [0.2, 0.25) is 0 Å². The minimum atomic E-state index is -0.305. The second-order valence-electron chi connectivity index (χ2n) is 5.04. The molecular formula is C11H21NO. The second kappa shape index (κ2) is 3.58. The van der Waals surface area contributed by atoms with Gasteiger partial charge in [0.1, 0.15) is 0 Å². The molecule has 0 aromatic heterocycles. The van der Waals surface area contributed by atoms with E-state index in [2.05, 4.69) is 11.8 Å². The molecule has 1 aliphatic heterocycles. The van der Waals surface area contributed by atoms with Crippen molar-refractivity contribution in [1.29, 1.82) is 0 Å². The average molecular weight is 183 g/mol. The Hall–Kier alpha value is -0.0800. The van der Waals surface area contributed by atoms with Gasteiger partial charge in [-0.05, 0) is 51.1 Å². The van der Waals surface area contributed by atoms with Gasteiger partial charge < -0.3 is 10.0 Å². The zero-order valence-electron chi connectivity index (χ0n) is 8.63. The van der Waals surface area contributed by atoms with Crippen molar-refractivity contribution in [3.05, 3.63) is 0 Å². The summed E-state index contributed by atoms with van der Waals surface area (Å²) in [7, 11) is 0. The van der Waals surface area contributed by atoms with E-state index in [0.717, 1.165) is 25.3 Å². The molecule has 1 N–H and O–H groups in total. The first kappa shape index (κ1) is 9.47. The van der Waals surface area contributed by atoms with Crippen molar-refractivity contribution in [3.8, 4) is 0 Å². The van der Waals surface area contributed by atoms with E-state index in [-0.39, 0.29) is 5.60 Å². The summed E-state index contributed by atoms with van der Waals surface area (Å²) in [5.41, 5.74) is -0.305. The fourth-order valence-corrected chi connectivity index (χ4v) is 2.38. The second-order valence-corrected chi connectivity index (χ2v) is 5.04. The van der Waals surface area contributed by atoms with Crippen LogP contribution in [0, 0.1) is 5.92 Å². The Kier molecular flexibility index (Phi) is 2.61. The first-order chi connectivity index (χ1) is 6.18. The topological polar surface area (TPSA) is 23.5 Å². The monoisotopic (exact) mass is 183 g/mol. The summed E-state index contributed by atoms with van der Waals surface area (Å²) in [6.45, 7) is 5.65. The Morgan fingerprint density at radius 3 is 2.38 bits per heavy atom. The minimum Gasteiger partial charge on any atom is -0.389 e. The van der Waals surface area contributed by atoms with Gasteiger partial charge in [-0.2, -0.15) is 0 Å². The highest BCUT2D eigenvalue weighted by Crippen LogP contribution is 2.33. The molecule has 0 aromatic rings. The standard InChI is InChI=1S/C11H21NO/c1-10-3-7-12(8-4-10)9-11(13)5-2-6-11/h10,13H,2-9H2,1H3. The zero-order valence-corrected chi connectivity index (χ0v) is 8.63. The van der Waals surface area contributed by atoms with Crippen LogP contribution in [0.15, 0.2) is 0 Å². The van der Waals surface area contributed by atoms with Crippen LogP contribution in [0.25, 0.3) is 0 Å². The molecule has 2 aliphatic rings. The van der Waals surface area contributed by atoms with Crippen LogP contribution in [0.4, 0.5) is 0 Å². The number of piperidine rings is 1. The van der Waals surface area contributed by atoms with Crippen molar-refractivity contribution in [2.45, 2.75) is 44.6 Å². The first-order valence-electron chi connectivity index (χ1n) is 5.63. The quantitative estimate of drug-likeness (QED) is 0.703. The predicted octanol–water partition coefficient (Wildman–Crippen LogP) is 1.63. The third-order valence-electron chi connectivity index (χ3n) is 3.68. The van der Waals surface area contributed by atoms with Gasteiger partial charge in [-0.25, -0.2) is 0 Å². The fraction of sp³-hybridized carbons (Fsp3) is 1.00.